The van der Waals surface area contributed by atoms with Gasteiger partial charge < -0.3 is 10.6 Å². The van der Waals surface area contributed by atoms with Crippen LogP contribution >= 0.6 is 11.6 Å². The highest BCUT2D eigenvalue weighted by atomic mass is 35.5. The van der Waals surface area contributed by atoms with Gasteiger partial charge in [0.1, 0.15) is 5.82 Å². The molecule has 0 saturated carbocycles. The molecule has 26 heavy (non-hydrogen) atoms. The van der Waals surface area contributed by atoms with Gasteiger partial charge in [-0.25, -0.2) is 4.39 Å². The SMILES string of the molecule is O=C(Nc1ccccc1F)c1ccc(C(=O)Nc2ccccc2Cl)cc1. The minimum atomic E-state index is -0.517. The van der Waals surface area contributed by atoms with Gasteiger partial charge in [-0.2, -0.15) is 0 Å². The topological polar surface area (TPSA) is 58.2 Å². The predicted molar refractivity (Wildman–Crippen MR) is 100 cm³/mol. The molecule has 0 fully saturated rings. The Hall–Kier alpha value is -3.18. The fourth-order valence-electron chi connectivity index (χ4n) is 2.29. The molecule has 0 saturated heterocycles. The fraction of sp³-hybridized carbons (Fsp3) is 0. The summed E-state index contributed by atoms with van der Waals surface area (Å²) in [5.41, 5.74) is 1.27. The van der Waals surface area contributed by atoms with Gasteiger partial charge in [0.05, 0.1) is 16.4 Å². The quantitative estimate of drug-likeness (QED) is 0.682. The minimum Gasteiger partial charge on any atom is -0.321 e. The maximum atomic E-state index is 13.6. The molecule has 0 unspecified atom stereocenters. The van der Waals surface area contributed by atoms with E-state index in [0.29, 0.717) is 21.8 Å². The van der Waals surface area contributed by atoms with Gasteiger partial charge in [0.15, 0.2) is 0 Å². The number of nitrogens with one attached hydrogen (secondary N) is 2. The summed E-state index contributed by atoms with van der Waals surface area (Å²) in [6.07, 6.45) is 0. The Morgan fingerprint density at radius 2 is 1.15 bits per heavy atom. The van der Waals surface area contributed by atoms with E-state index in [9.17, 15) is 14.0 Å². The van der Waals surface area contributed by atoms with Crippen LogP contribution in [0.25, 0.3) is 0 Å². The summed E-state index contributed by atoms with van der Waals surface area (Å²) in [5, 5.41) is 5.62. The van der Waals surface area contributed by atoms with Crippen molar-refractivity contribution in [2.75, 3.05) is 10.6 Å². The molecular weight excluding hydrogens is 355 g/mol. The predicted octanol–water partition coefficient (Wildman–Crippen LogP) is 4.98. The summed E-state index contributed by atoms with van der Waals surface area (Å²) < 4.78 is 13.6. The molecule has 3 aromatic carbocycles. The lowest BCUT2D eigenvalue weighted by molar-refractivity contribution is 0.101. The summed E-state index contributed by atoms with van der Waals surface area (Å²) in [7, 11) is 0. The molecule has 130 valence electrons. The van der Waals surface area contributed by atoms with Crippen LogP contribution < -0.4 is 10.6 Å². The third kappa shape index (κ3) is 4.07. The van der Waals surface area contributed by atoms with E-state index in [1.165, 1.54) is 42.5 Å². The highest BCUT2D eigenvalue weighted by molar-refractivity contribution is 6.33. The van der Waals surface area contributed by atoms with Crippen molar-refractivity contribution in [3.63, 3.8) is 0 Å². The molecule has 6 heteroatoms. The van der Waals surface area contributed by atoms with Crippen molar-refractivity contribution in [1.29, 1.82) is 0 Å². The number of hydrogen-bond acceptors (Lipinski definition) is 2. The molecule has 0 aliphatic heterocycles. The number of anilines is 2. The maximum Gasteiger partial charge on any atom is 0.255 e. The highest BCUT2D eigenvalue weighted by Crippen LogP contribution is 2.21. The lowest BCUT2D eigenvalue weighted by Crippen LogP contribution is -2.15. The van der Waals surface area contributed by atoms with Crippen molar-refractivity contribution in [3.8, 4) is 0 Å². The molecule has 0 atom stereocenters. The van der Waals surface area contributed by atoms with E-state index in [1.54, 1.807) is 30.3 Å². The Bertz CT molecular complexity index is 880. The molecule has 0 radical (unpaired) electrons. The number of carbonyl (C=O) groups is 2. The summed E-state index contributed by atoms with van der Waals surface area (Å²) in [4.78, 5) is 24.5. The zero-order chi connectivity index (χ0) is 18.5. The molecule has 0 spiro atoms. The Kier molecular flexibility index (Phi) is 5.29. The monoisotopic (exact) mass is 368 g/mol. The van der Waals surface area contributed by atoms with Gasteiger partial charge in [0, 0.05) is 11.1 Å². The Morgan fingerprint density at radius 1 is 0.692 bits per heavy atom. The molecule has 3 rings (SSSR count). The van der Waals surface area contributed by atoms with Gasteiger partial charge in [-0.3, -0.25) is 9.59 Å². The number of rotatable bonds is 4. The van der Waals surface area contributed by atoms with Crippen LogP contribution in [0.4, 0.5) is 15.8 Å². The Balaban J connectivity index is 1.70. The standard InChI is InChI=1S/C20H14ClFN2O2/c21-15-5-1-3-7-17(15)23-19(25)13-9-11-14(12-10-13)20(26)24-18-8-4-2-6-16(18)22/h1-12H,(H,23,25)(H,24,26). The molecule has 0 aromatic heterocycles. The summed E-state index contributed by atoms with van der Waals surface area (Å²) in [6.45, 7) is 0. The average Bonchev–Trinajstić information content (AvgIpc) is 2.65. The molecule has 0 aliphatic carbocycles. The van der Waals surface area contributed by atoms with E-state index in [2.05, 4.69) is 10.6 Å². The molecule has 2 amide bonds. The number of benzene rings is 3. The van der Waals surface area contributed by atoms with Crippen LogP contribution in [0.1, 0.15) is 20.7 Å². The molecule has 4 nitrogen and oxygen atoms in total. The Labute approximate surface area is 154 Å². The first-order valence-corrected chi connectivity index (χ1v) is 8.14. The first kappa shape index (κ1) is 17.6. The van der Waals surface area contributed by atoms with Crippen molar-refractivity contribution in [2.45, 2.75) is 0 Å². The molecule has 0 aliphatic rings. The van der Waals surface area contributed by atoms with Crippen LogP contribution in [0.5, 0.6) is 0 Å². The lowest BCUT2D eigenvalue weighted by Gasteiger charge is -2.08. The molecular formula is C20H14ClFN2O2. The van der Waals surface area contributed by atoms with Crippen LogP contribution in [0.3, 0.4) is 0 Å². The van der Waals surface area contributed by atoms with Crippen molar-refractivity contribution < 1.29 is 14.0 Å². The number of halogens is 2. The van der Waals surface area contributed by atoms with Crippen LogP contribution in [-0.2, 0) is 0 Å². The highest BCUT2D eigenvalue weighted by Gasteiger charge is 2.12. The van der Waals surface area contributed by atoms with E-state index in [1.807, 2.05) is 0 Å². The van der Waals surface area contributed by atoms with Crippen LogP contribution in [0.15, 0.2) is 72.8 Å². The Morgan fingerprint density at radius 3 is 1.69 bits per heavy atom. The van der Waals surface area contributed by atoms with Crippen molar-refractivity contribution in [1.82, 2.24) is 0 Å². The van der Waals surface area contributed by atoms with Gasteiger partial charge in [-0.05, 0) is 48.5 Å². The van der Waals surface area contributed by atoms with E-state index >= 15 is 0 Å². The summed E-state index contributed by atoms with van der Waals surface area (Å²) in [5.74, 6) is -1.33. The van der Waals surface area contributed by atoms with Gasteiger partial charge in [-0.15, -0.1) is 0 Å². The maximum absolute atomic E-state index is 13.6. The van der Waals surface area contributed by atoms with Crippen LogP contribution in [0, 0.1) is 5.82 Å². The molecule has 0 heterocycles. The van der Waals surface area contributed by atoms with E-state index < -0.39 is 11.7 Å². The second-order valence-electron chi connectivity index (χ2n) is 5.45. The second kappa shape index (κ2) is 7.80. The van der Waals surface area contributed by atoms with Gasteiger partial charge >= 0.3 is 0 Å². The normalized spacial score (nSPS) is 10.2. The zero-order valence-electron chi connectivity index (χ0n) is 13.5. The largest absolute Gasteiger partial charge is 0.321 e. The first-order chi connectivity index (χ1) is 12.5. The summed E-state index contributed by atoms with van der Waals surface area (Å²) in [6, 6.07) is 18.8. The number of amides is 2. The summed E-state index contributed by atoms with van der Waals surface area (Å²) >= 11 is 6.01. The fourth-order valence-corrected chi connectivity index (χ4v) is 2.47. The molecule has 0 bridgehead atoms. The van der Waals surface area contributed by atoms with E-state index in [4.69, 9.17) is 11.6 Å². The van der Waals surface area contributed by atoms with Crippen LogP contribution in [-0.4, -0.2) is 11.8 Å². The average molecular weight is 369 g/mol. The lowest BCUT2D eigenvalue weighted by atomic mass is 10.1. The molecule has 2 N–H and O–H groups in total. The van der Waals surface area contributed by atoms with Crippen molar-refractivity contribution in [2.24, 2.45) is 0 Å². The van der Waals surface area contributed by atoms with E-state index in [0.717, 1.165) is 0 Å². The van der Waals surface area contributed by atoms with Gasteiger partial charge in [0.25, 0.3) is 11.8 Å². The minimum absolute atomic E-state index is 0.0954. The smallest absolute Gasteiger partial charge is 0.255 e. The first-order valence-electron chi connectivity index (χ1n) is 7.76. The number of para-hydroxylation sites is 2. The van der Waals surface area contributed by atoms with Gasteiger partial charge in [-0.1, -0.05) is 35.9 Å². The second-order valence-corrected chi connectivity index (χ2v) is 5.85. The third-order valence-corrected chi connectivity index (χ3v) is 3.98. The van der Waals surface area contributed by atoms with E-state index in [-0.39, 0.29) is 11.6 Å². The van der Waals surface area contributed by atoms with Crippen molar-refractivity contribution in [3.05, 3.63) is 94.8 Å². The van der Waals surface area contributed by atoms with Gasteiger partial charge in [0.2, 0.25) is 0 Å². The zero-order valence-corrected chi connectivity index (χ0v) is 14.3. The number of carbonyl (C=O) groups excluding carboxylic acids is 2. The third-order valence-electron chi connectivity index (χ3n) is 3.65. The number of hydrogen-bond donors (Lipinski definition) is 2. The van der Waals surface area contributed by atoms with Crippen LogP contribution in [0.2, 0.25) is 5.02 Å². The van der Waals surface area contributed by atoms with Crippen molar-refractivity contribution >= 4 is 34.8 Å². The molecule has 3 aromatic rings.